The van der Waals surface area contributed by atoms with E-state index < -0.39 is 18.5 Å². The molecule has 0 bridgehead atoms. The van der Waals surface area contributed by atoms with Gasteiger partial charge < -0.3 is 20.3 Å². The molecule has 0 aliphatic carbocycles. The summed E-state index contributed by atoms with van der Waals surface area (Å²) >= 11 is 0. The van der Waals surface area contributed by atoms with E-state index in [-0.39, 0.29) is 28.2 Å². The third-order valence-electron chi connectivity index (χ3n) is 4.13. The lowest BCUT2D eigenvalue weighted by atomic mass is 10.0. The van der Waals surface area contributed by atoms with Crippen LogP contribution >= 0.6 is 0 Å². The average molecular weight is 379 g/mol. The van der Waals surface area contributed by atoms with Gasteiger partial charge in [0.1, 0.15) is 17.1 Å². The van der Waals surface area contributed by atoms with Gasteiger partial charge in [0.15, 0.2) is 12.4 Å². The van der Waals surface area contributed by atoms with Crippen molar-refractivity contribution in [1.82, 2.24) is 0 Å². The van der Waals surface area contributed by atoms with Gasteiger partial charge in [-0.1, -0.05) is 36.4 Å². The zero-order chi connectivity index (χ0) is 20.3. The molecule has 3 aromatic rings. The van der Waals surface area contributed by atoms with Crippen molar-refractivity contribution in [3.05, 3.63) is 65.7 Å². The summed E-state index contributed by atoms with van der Waals surface area (Å²) in [5.74, 6) is -2.37. The highest BCUT2D eigenvalue weighted by Gasteiger charge is 2.19. The number of esters is 1. The summed E-state index contributed by atoms with van der Waals surface area (Å²) in [6, 6.07) is 14.0. The van der Waals surface area contributed by atoms with E-state index in [0.29, 0.717) is 16.6 Å². The van der Waals surface area contributed by atoms with Crippen LogP contribution in [0.1, 0.15) is 27.6 Å². The van der Waals surface area contributed by atoms with Crippen molar-refractivity contribution in [2.45, 2.75) is 6.92 Å². The highest BCUT2D eigenvalue weighted by Crippen LogP contribution is 2.35. The fourth-order valence-electron chi connectivity index (χ4n) is 2.79. The Morgan fingerprint density at radius 3 is 2.29 bits per heavy atom. The third-order valence-corrected chi connectivity index (χ3v) is 4.13. The number of nitrogens with one attached hydrogen (secondary N) is 1. The van der Waals surface area contributed by atoms with Gasteiger partial charge in [-0.3, -0.25) is 9.59 Å². The van der Waals surface area contributed by atoms with E-state index in [9.17, 15) is 24.6 Å². The Balaban J connectivity index is 1.73. The number of ether oxygens (including phenoxy) is 1. The van der Waals surface area contributed by atoms with E-state index in [1.165, 1.54) is 6.92 Å². The predicted octanol–water partition coefficient (Wildman–Crippen LogP) is 3.25. The standard InChI is InChI=1S/C21H17NO6/c1-12(23)13-6-4-5-9-17(13)22-19(25)11-28-21(27)16-10-18(24)14-7-2-3-8-15(14)20(16)26/h2-10,24,26H,11H2,1H3,(H,22,25). The molecule has 0 aliphatic rings. The molecule has 0 spiro atoms. The lowest BCUT2D eigenvalue weighted by Crippen LogP contribution is -2.22. The van der Waals surface area contributed by atoms with Gasteiger partial charge in [-0.05, 0) is 25.1 Å². The Morgan fingerprint density at radius 1 is 0.929 bits per heavy atom. The first kappa shape index (κ1) is 18.9. The summed E-state index contributed by atoms with van der Waals surface area (Å²) in [5, 5.41) is 23.5. The molecule has 142 valence electrons. The number of fused-ring (bicyclic) bond motifs is 1. The number of carbonyl (C=O) groups excluding carboxylic acids is 3. The Kier molecular flexibility index (Phi) is 5.26. The van der Waals surface area contributed by atoms with E-state index in [2.05, 4.69) is 5.32 Å². The van der Waals surface area contributed by atoms with Crippen LogP contribution in [0, 0.1) is 0 Å². The maximum atomic E-state index is 12.3. The highest BCUT2D eigenvalue weighted by atomic mass is 16.5. The second kappa shape index (κ2) is 7.79. The first-order valence-corrected chi connectivity index (χ1v) is 8.39. The van der Waals surface area contributed by atoms with Crippen LogP contribution in [0.25, 0.3) is 10.8 Å². The molecule has 28 heavy (non-hydrogen) atoms. The zero-order valence-electron chi connectivity index (χ0n) is 14.9. The second-order valence-corrected chi connectivity index (χ2v) is 6.06. The fraction of sp³-hybridized carbons (Fsp3) is 0.0952. The van der Waals surface area contributed by atoms with Crippen molar-refractivity contribution in [3.63, 3.8) is 0 Å². The molecule has 1 amide bonds. The van der Waals surface area contributed by atoms with Crippen LogP contribution < -0.4 is 5.32 Å². The summed E-state index contributed by atoms with van der Waals surface area (Å²) in [5.41, 5.74) is 0.384. The summed E-state index contributed by atoms with van der Waals surface area (Å²) in [6.45, 7) is 0.748. The van der Waals surface area contributed by atoms with Crippen molar-refractivity contribution in [2.75, 3.05) is 11.9 Å². The van der Waals surface area contributed by atoms with Gasteiger partial charge >= 0.3 is 5.97 Å². The number of hydrogen-bond acceptors (Lipinski definition) is 6. The molecule has 0 atom stereocenters. The van der Waals surface area contributed by atoms with Crippen molar-refractivity contribution in [3.8, 4) is 11.5 Å². The number of hydrogen-bond donors (Lipinski definition) is 3. The van der Waals surface area contributed by atoms with E-state index in [1.807, 2.05) is 0 Å². The molecule has 0 unspecified atom stereocenters. The highest BCUT2D eigenvalue weighted by molar-refractivity contribution is 6.06. The summed E-state index contributed by atoms with van der Waals surface area (Å²) in [7, 11) is 0. The first-order chi connectivity index (χ1) is 13.4. The SMILES string of the molecule is CC(=O)c1ccccc1NC(=O)COC(=O)c1cc(O)c2ccccc2c1O. The quantitative estimate of drug-likeness (QED) is 0.356. The van der Waals surface area contributed by atoms with Crippen LogP contribution in [0.3, 0.4) is 0 Å². The minimum absolute atomic E-state index is 0.194. The van der Waals surface area contributed by atoms with Crippen molar-refractivity contribution in [2.24, 2.45) is 0 Å². The van der Waals surface area contributed by atoms with E-state index in [4.69, 9.17) is 4.74 Å². The lowest BCUT2D eigenvalue weighted by molar-refractivity contribution is -0.119. The van der Waals surface area contributed by atoms with Gasteiger partial charge in [-0.15, -0.1) is 0 Å². The molecule has 0 aliphatic heterocycles. The number of aromatic hydroxyl groups is 2. The number of phenols is 2. The summed E-state index contributed by atoms with van der Waals surface area (Å²) in [4.78, 5) is 35.9. The van der Waals surface area contributed by atoms with Gasteiger partial charge in [-0.25, -0.2) is 4.79 Å². The number of ketones is 1. The number of para-hydroxylation sites is 1. The summed E-state index contributed by atoms with van der Waals surface area (Å²) in [6.07, 6.45) is 0. The van der Waals surface area contributed by atoms with Crippen LogP contribution in [0.5, 0.6) is 11.5 Å². The van der Waals surface area contributed by atoms with Gasteiger partial charge in [-0.2, -0.15) is 0 Å². The molecule has 0 aromatic heterocycles. The maximum absolute atomic E-state index is 12.3. The molecule has 7 heteroatoms. The Hall–Kier alpha value is -3.87. The average Bonchev–Trinajstić information content (AvgIpc) is 2.69. The predicted molar refractivity (Wildman–Crippen MR) is 103 cm³/mol. The normalized spacial score (nSPS) is 10.5. The fourth-order valence-corrected chi connectivity index (χ4v) is 2.79. The molecule has 0 radical (unpaired) electrons. The molecule has 3 N–H and O–H groups in total. The molecule has 7 nitrogen and oxygen atoms in total. The van der Waals surface area contributed by atoms with E-state index >= 15 is 0 Å². The minimum atomic E-state index is -0.964. The van der Waals surface area contributed by atoms with Crippen LogP contribution in [0.2, 0.25) is 0 Å². The maximum Gasteiger partial charge on any atom is 0.342 e. The second-order valence-electron chi connectivity index (χ2n) is 6.06. The van der Waals surface area contributed by atoms with Crippen LogP contribution in [-0.2, 0) is 9.53 Å². The molecule has 0 saturated heterocycles. The molecule has 0 saturated carbocycles. The van der Waals surface area contributed by atoms with Crippen LogP contribution in [0.15, 0.2) is 54.6 Å². The van der Waals surface area contributed by atoms with Crippen LogP contribution in [-0.4, -0.2) is 34.5 Å². The number of anilines is 1. The number of benzene rings is 3. The summed E-state index contributed by atoms with van der Waals surface area (Å²) < 4.78 is 4.94. The zero-order valence-corrected chi connectivity index (χ0v) is 14.9. The number of phenolic OH excluding ortho intramolecular Hbond substituents is 2. The molecule has 3 rings (SSSR count). The third kappa shape index (κ3) is 3.78. The van der Waals surface area contributed by atoms with Crippen molar-refractivity contribution < 1.29 is 29.3 Å². The molecular formula is C21H17NO6. The van der Waals surface area contributed by atoms with Gasteiger partial charge in [0.05, 0.1) is 5.69 Å². The molecular weight excluding hydrogens is 362 g/mol. The van der Waals surface area contributed by atoms with Gasteiger partial charge in [0.2, 0.25) is 0 Å². The van der Waals surface area contributed by atoms with Crippen molar-refractivity contribution >= 4 is 34.1 Å². The number of amides is 1. The topological polar surface area (TPSA) is 113 Å². The van der Waals surface area contributed by atoms with Crippen LogP contribution in [0.4, 0.5) is 5.69 Å². The Morgan fingerprint density at radius 2 is 1.57 bits per heavy atom. The first-order valence-electron chi connectivity index (χ1n) is 8.39. The van der Waals surface area contributed by atoms with E-state index in [1.54, 1.807) is 48.5 Å². The smallest absolute Gasteiger partial charge is 0.342 e. The lowest BCUT2D eigenvalue weighted by Gasteiger charge is -2.11. The Bertz CT molecular complexity index is 1090. The minimum Gasteiger partial charge on any atom is -0.507 e. The van der Waals surface area contributed by atoms with Gasteiger partial charge in [0, 0.05) is 16.3 Å². The van der Waals surface area contributed by atoms with E-state index in [0.717, 1.165) is 6.07 Å². The Labute approximate surface area is 160 Å². The molecule has 3 aromatic carbocycles. The largest absolute Gasteiger partial charge is 0.507 e. The number of carbonyl (C=O) groups is 3. The monoisotopic (exact) mass is 379 g/mol. The molecule has 0 heterocycles. The molecule has 0 fully saturated rings. The number of rotatable bonds is 5. The van der Waals surface area contributed by atoms with Crippen molar-refractivity contribution in [1.29, 1.82) is 0 Å². The number of Topliss-reactive ketones (excluding diaryl/α,β-unsaturated/α-hetero) is 1. The van der Waals surface area contributed by atoms with Gasteiger partial charge in [0.25, 0.3) is 5.91 Å².